The first-order chi connectivity index (χ1) is 7.26. The lowest BCUT2D eigenvalue weighted by molar-refractivity contribution is -0.150. The van der Waals surface area contributed by atoms with Crippen LogP contribution in [0.3, 0.4) is 0 Å². The zero-order valence-electron chi connectivity index (χ0n) is 8.87. The molecule has 16 heavy (non-hydrogen) atoms. The van der Waals surface area contributed by atoms with E-state index in [2.05, 4.69) is 0 Å². The predicted octanol–water partition coefficient (Wildman–Crippen LogP) is 1.69. The van der Waals surface area contributed by atoms with E-state index in [1.807, 2.05) is 0 Å². The fourth-order valence-electron chi connectivity index (χ4n) is 1.45. The van der Waals surface area contributed by atoms with E-state index >= 15 is 0 Å². The predicted molar refractivity (Wildman–Crippen MR) is 53.0 cm³/mol. The van der Waals surface area contributed by atoms with Crippen molar-refractivity contribution in [3.8, 4) is 0 Å². The van der Waals surface area contributed by atoms with Gasteiger partial charge in [-0.25, -0.2) is 13.6 Å². The van der Waals surface area contributed by atoms with Gasteiger partial charge < -0.3 is 10.2 Å². The molecule has 5 heteroatoms. The Morgan fingerprint density at radius 2 is 1.94 bits per heavy atom. The van der Waals surface area contributed by atoms with E-state index in [9.17, 15) is 18.7 Å². The van der Waals surface area contributed by atoms with Crippen molar-refractivity contribution in [1.82, 2.24) is 0 Å². The van der Waals surface area contributed by atoms with Crippen LogP contribution < -0.4 is 0 Å². The highest BCUT2D eigenvalue weighted by Gasteiger charge is 2.37. The average molecular weight is 230 g/mol. The fraction of sp³-hybridized carbons (Fsp3) is 0.364. The molecule has 3 nitrogen and oxygen atoms in total. The number of carboxylic acids is 1. The van der Waals surface area contributed by atoms with Gasteiger partial charge in [0.2, 0.25) is 0 Å². The van der Waals surface area contributed by atoms with Crippen LogP contribution in [-0.4, -0.2) is 22.3 Å². The molecule has 2 N–H and O–H groups in total. The van der Waals surface area contributed by atoms with Gasteiger partial charge in [-0.1, -0.05) is 13.8 Å². The zero-order valence-corrected chi connectivity index (χ0v) is 8.87. The second kappa shape index (κ2) is 4.17. The number of aliphatic hydroxyl groups excluding tert-OH is 1. The summed E-state index contributed by atoms with van der Waals surface area (Å²) in [5, 5.41) is 18.1. The lowest BCUT2D eigenvalue weighted by atomic mass is 9.79. The first-order valence-corrected chi connectivity index (χ1v) is 4.63. The average Bonchev–Trinajstić information content (AvgIpc) is 2.20. The quantitative estimate of drug-likeness (QED) is 0.830. The van der Waals surface area contributed by atoms with Crippen molar-refractivity contribution in [2.24, 2.45) is 0 Å². The minimum absolute atomic E-state index is 0.164. The highest BCUT2D eigenvalue weighted by molar-refractivity contribution is 5.74. The lowest BCUT2D eigenvalue weighted by Gasteiger charge is -2.28. The molecule has 1 aromatic rings. The maximum absolute atomic E-state index is 13.4. The molecule has 0 fully saturated rings. The summed E-state index contributed by atoms with van der Waals surface area (Å²) in [5.74, 6) is -2.90. The van der Waals surface area contributed by atoms with E-state index in [4.69, 9.17) is 5.11 Å². The molecule has 1 rings (SSSR count). The van der Waals surface area contributed by atoms with Crippen molar-refractivity contribution < 1.29 is 23.8 Å². The summed E-state index contributed by atoms with van der Waals surface area (Å²) in [6, 6.07) is 2.73. The third kappa shape index (κ3) is 2.19. The van der Waals surface area contributed by atoms with Crippen LogP contribution in [0.4, 0.5) is 8.78 Å². The van der Waals surface area contributed by atoms with E-state index in [1.165, 1.54) is 13.8 Å². The molecule has 0 spiro atoms. The number of hydrogen-bond donors (Lipinski definition) is 2. The molecule has 1 atom stereocenters. The Morgan fingerprint density at radius 3 is 2.44 bits per heavy atom. The molecular weight excluding hydrogens is 218 g/mol. The van der Waals surface area contributed by atoms with Crippen LogP contribution in [0.1, 0.15) is 19.4 Å². The molecule has 0 aliphatic rings. The number of carboxylic acid groups (broad SMARTS) is 1. The van der Waals surface area contributed by atoms with Crippen molar-refractivity contribution >= 4 is 5.97 Å². The number of benzene rings is 1. The number of halogens is 2. The Morgan fingerprint density at radius 1 is 1.38 bits per heavy atom. The highest BCUT2D eigenvalue weighted by Crippen LogP contribution is 2.30. The van der Waals surface area contributed by atoms with Crippen LogP contribution in [0.2, 0.25) is 0 Å². The van der Waals surface area contributed by atoms with Gasteiger partial charge in [0.1, 0.15) is 11.6 Å². The van der Waals surface area contributed by atoms with Gasteiger partial charge in [-0.2, -0.15) is 0 Å². The number of hydrogen-bond acceptors (Lipinski definition) is 2. The van der Waals surface area contributed by atoms with Gasteiger partial charge >= 0.3 is 5.97 Å². The van der Waals surface area contributed by atoms with Crippen molar-refractivity contribution in [2.45, 2.75) is 25.4 Å². The summed E-state index contributed by atoms with van der Waals surface area (Å²) in [5.41, 5.74) is -1.57. The van der Waals surface area contributed by atoms with Crippen LogP contribution in [0.25, 0.3) is 0 Å². The molecule has 0 saturated heterocycles. The Bertz CT molecular complexity index is 416. The Hall–Kier alpha value is -1.49. The Kier molecular flexibility index (Phi) is 3.28. The molecule has 1 aromatic carbocycles. The topological polar surface area (TPSA) is 57.5 Å². The monoisotopic (exact) mass is 230 g/mol. The normalized spacial score (nSPS) is 13.6. The smallest absolute Gasteiger partial charge is 0.333 e. The van der Waals surface area contributed by atoms with Gasteiger partial charge in [0.25, 0.3) is 0 Å². The summed E-state index contributed by atoms with van der Waals surface area (Å²) in [6.45, 7) is 2.67. The van der Waals surface area contributed by atoms with E-state index in [0.29, 0.717) is 0 Å². The first-order valence-electron chi connectivity index (χ1n) is 4.63. The summed E-state index contributed by atoms with van der Waals surface area (Å²) in [6.07, 6.45) is -1.80. The maximum Gasteiger partial charge on any atom is 0.333 e. The van der Waals surface area contributed by atoms with Crippen LogP contribution in [-0.2, 0) is 10.2 Å². The molecule has 0 amide bonds. The third-order valence-electron chi connectivity index (χ3n) is 2.54. The molecule has 0 bridgehead atoms. The van der Waals surface area contributed by atoms with E-state index < -0.39 is 29.1 Å². The number of aliphatic hydroxyl groups is 1. The molecule has 88 valence electrons. The Labute approximate surface area is 91.3 Å². The zero-order chi connectivity index (χ0) is 12.5. The van der Waals surface area contributed by atoms with Crippen molar-refractivity contribution in [3.05, 3.63) is 35.4 Å². The van der Waals surface area contributed by atoms with Gasteiger partial charge in [-0.15, -0.1) is 0 Å². The second-order valence-electron chi connectivity index (χ2n) is 4.09. The van der Waals surface area contributed by atoms with Crippen LogP contribution in [0.5, 0.6) is 0 Å². The third-order valence-corrected chi connectivity index (χ3v) is 2.54. The summed E-state index contributed by atoms with van der Waals surface area (Å²) >= 11 is 0. The fourth-order valence-corrected chi connectivity index (χ4v) is 1.45. The van der Waals surface area contributed by atoms with Gasteiger partial charge in [0, 0.05) is 5.41 Å². The second-order valence-corrected chi connectivity index (χ2v) is 4.09. The number of rotatable bonds is 3. The minimum Gasteiger partial charge on any atom is -0.479 e. The van der Waals surface area contributed by atoms with Gasteiger partial charge in [0.05, 0.1) is 0 Å². The molecule has 0 heterocycles. The van der Waals surface area contributed by atoms with Crippen molar-refractivity contribution in [1.29, 1.82) is 0 Å². The summed E-state index contributed by atoms with van der Waals surface area (Å²) < 4.78 is 26.4. The van der Waals surface area contributed by atoms with Gasteiger partial charge in [-0.3, -0.25) is 0 Å². The number of aliphatic carboxylic acids is 1. The standard InChI is InChI=1S/C11H12F2O3/c1-11(2,9(14)10(15)16)7-5-6(12)3-4-8(7)13/h3-5,9,14H,1-2H3,(H,15,16). The Balaban J connectivity index is 3.25. The number of carbonyl (C=O) groups is 1. The van der Waals surface area contributed by atoms with E-state index in [1.54, 1.807) is 0 Å². The molecule has 0 saturated carbocycles. The van der Waals surface area contributed by atoms with Crippen LogP contribution >= 0.6 is 0 Å². The van der Waals surface area contributed by atoms with Crippen molar-refractivity contribution in [3.63, 3.8) is 0 Å². The highest BCUT2D eigenvalue weighted by atomic mass is 19.1. The molecular formula is C11H12F2O3. The van der Waals surface area contributed by atoms with Crippen LogP contribution in [0.15, 0.2) is 18.2 Å². The van der Waals surface area contributed by atoms with E-state index in [-0.39, 0.29) is 5.56 Å². The molecule has 0 radical (unpaired) electrons. The van der Waals surface area contributed by atoms with Gasteiger partial charge in [0.15, 0.2) is 6.10 Å². The van der Waals surface area contributed by atoms with Crippen molar-refractivity contribution in [2.75, 3.05) is 0 Å². The maximum atomic E-state index is 13.4. The molecule has 0 aromatic heterocycles. The molecule has 0 aliphatic heterocycles. The summed E-state index contributed by atoms with van der Waals surface area (Å²) in [4.78, 5) is 10.6. The molecule has 0 aliphatic carbocycles. The van der Waals surface area contributed by atoms with Gasteiger partial charge in [-0.05, 0) is 23.8 Å². The van der Waals surface area contributed by atoms with E-state index in [0.717, 1.165) is 18.2 Å². The summed E-state index contributed by atoms with van der Waals surface area (Å²) in [7, 11) is 0. The molecule has 1 unspecified atom stereocenters. The van der Waals surface area contributed by atoms with Crippen LogP contribution in [0, 0.1) is 11.6 Å². The lowest BCUT2D eigenvalue weighted by Crippen LogP contribution is -2.40. The minimum atomic E-state index is -1.80. The SMILES string of the molecule is CC(C)(c1cc(F)ccc1F)C(O)C(=O)O. The first kappa shape index (κ1) is 12.6. The largest absolute Gasteiger partial charge is 0.479 e.